The molecule has 20 heavy (non-hydrogen) atoms. The Hall–Kier alpha value is -1.60. The molecule has 0 saturated carbocycles. The maximum absolute atomic E-state index is 12.3. The summed E-state index contributed by atoms with van der Waals surface area (Å²) in [7, 11) is 0. The third kappa shape index (κ3) is 2.94. The first-order valence-corrected chi connectivity index (χ1v) is 7.30. The van der Waals surface area contributed by atoms with Gasteiger partial charge in [0.05, 0.1) is 11.2 Å². The topological polar surface area (TPSA) is 70.8 Å². The highest BCUT2D eigenvalue weighted by Crippen LogP contribution is 2.34. The van der Waals surface area contributed by atoms with Crippen molar-refractivity contribution in [2.75, 3.05) is 0 Å². The fraction of sp³-hybridized carbons (Fsp3) is 0.308. The Balaban J connectivity index is 2.26. The highest BCUT2D eigenvalue weighted by molar-refractivity contribution is 8.26. The number of carboxylic acids is 1. The van der Waals surface area contributed by atoms with Crippen molar-refractivity contribution in [3.05, 3.63) is 29.1 Å². The quantitative estimate of drug-likeness (QED) is 0.666. The van der Waals surface area contributed by atoms with E-state index in [0.717, 1.165) is 11.8 Å². The molecule has 1 N–H and O–H groups in total. The average molecular weight is 311 g/mol. The first-order chi connectivity index (χ1) is 9.54. The molecule has 1 aliphatic heterocycles. The van der Waals surface area contributed by atoms with Gasteiger partial charge in [-0.3, -0.25) is 9.69 Å². The summed E-state index contributed by atoms with van der Waals surface area (Å²) in [6.07, 6.45) is 4.11. The number of carbonyl (C=O) groups is 2. The van der Waals surface area contributed by atoms with Gasteiger partial charge in [0.25, 0.3) is 5.91 Å². The van der Waals surface area contributed by atoms with Crippen LogP contribution in [0.3, 0.4) is 0 Å². The number of rotatable bonds is 5. The maximum atomic E-state index is 12.3. The molecule has 0 bridgehead atoms. The van der Waals surface area contributed by atoms with Crippen LogP contribution in [0.25, 0.3) is 6.08 Å². The molecule has 1 aromatic rings. The fourth-order valence-corrected chi connectivity index (χ4v) is 3.22. The smallest absolute Gasteiger partial charge is 0.326 e. The van der Waals surface area contributed by atoms with Gasteiger partial charge >= 0.3 is 5.97 Å². The lowest BCUT2D eigenvalue weighted by molar-refractivity contribution is -0.145. The Morgan fingerprint density at radius 2 is 2.40 bits per heavy atom. The van der Waals surface area contributed by atoms with Crippen LogP contribution in [0, 0.1) is 0 Å². The number of furan rings is 1. The minimum atomic E-state index is -1.04. The molecule has 1 aromatic heterocycles. The fourth-order valence-electron chi connectivity index (χ4n) is 1.89. The number of aliphatic carboxylic acids is 1. The zero-order valence-corrected chi connectivity index (χ0v) is 12.4. The van der Waals surface area contributed by atoms with Crippen LogP contribution in [0.2, 0.25) is 0 Å². The van der Waals surface area contributed by atoms with Crippen LogP contribution in [0.5, 0.6) is 0 Å². The van der Waals surface area contributed by atoms with Crippen molar-refractivity contribution in [1.29, 1.82) is 0 Å². The third-order valence-corrected chi connectivity index (χ3v) is 4.13. The van der Waals surface area contributed by atoms with Crippen molar-refractivity contribution >= 4 is 46.3 Å². The largest absolute Gasteiger partial charge is 0.480 e. The first kappa shape index (κ1) is 14.8. The molecule has 5 nitrogen and oxygen atoms in total. The van der Waals surface area contributed by atoms with E-state index in [1.807, 2.05) is 6.92 Å². The molecule has 106 valence electrons. The molecule has 1 unspecified atom stereocenters. The summed E-state index contributed by atoms with van der Waals surface area (Å²) >= 11 is 6.23. The van der Waals surface area contributed by atoms with E-state index >= 15 is 0 Å². The van der Waals surface area contributed by atoms with Crippen LogP contribution < -0.4 is 0 Å². The van der Waals surface area contributed by atoms with Crippen LogP contribution in [0.15, 0.2) is 27.7 Å². The van der Waals surface area contributed by atoms with Gasteiger partial charge in [-0.25, -0.2) is 4.79 Å². The number of nitrogens with zero attached hydrogens (tertiary/aromatic N) is 1. The van der Waals surface area contributed by atoms with Crippen molar-refractivity contribution < 1.29 is 19.1 Å². The van der Waals surface area contributed by atoms with Crippen LogP contribution >= 0.6 is 24.0 Å². The van der Waals surface area contributed by atoms with Crippen LogP contribution in [0.1, 0.15) is 25.5 Å². The standard InChI is InChI=1S/C13H13NO4S2/c1-2-4-9(12(16)17)14-11(15)10(20-13(14)19)7-8-5-3-6-18-8/h3,5-7,9H,2,4H2,1H3,(H,16,17)/b10-7-. The van der Waals surface area contributed by atoms with Gasteiger partial charge in [-0.05, 0) is 18.6 Å². The van der Waals surface area contributed by atoms with Gasteiger partial charge in [0.15, 0.2) is 0 Å². The normalized spacial score (nSPS) is 18.9. The molecule has 1 atom stereocenters. The van der Waals surface area contributed by atoms with E-state index in [9.17, 15) is 14.7 Å². The van der Waals surface area contributed by atoms with E-state index < -0.39 is 12.0 Å². The Bertz CT molecular complexity index is 565. The van der Waals surface area contributed by atoms with Crippen molar-refractivity contribution in [3.8, 4) is 0 Å². The lowest BCUT2D eigenvalue weighted by Gasteiger charge is -2.22. The number of thiocarbonyl (C=S) groups is 1. The maximum Gasteiger partial charge on any atom is 0.326 e. The second kappa shape index (κ2) is 6.23. The third-order valence-electron chi connectivity index (χ3n) is 2.80. The van der Waals surface area contributed by atoms with Gasteiger partial charge in [0.1, 0.15) is 16.1 Å². The van der Waals surface area contributed by atoms with Gasteiger partial charge in [-0.15, -0.1) is 0 Å². The summed E-state index contributed by atoms with van der Waals surface area (Å²) in [6.45, 7) is 1.87. The van der Waals surface area contributed by atoms with E-state index in [1.165, 1.54) is 11.2 Å². The summed E-state index contributed by atoms with van der Waals surface area (Å²) in [5.41, 5.74) is 0. The Labute approximate surface area is 125 Å². The Morgan fingerprint density at radius 1 is 1.65 bits per heavy atom. The van der Waals surface area contributed by atoms with Crippen molar-refractivity contribution in [3.63, 3.8) is 0 Å². The van der Waals surface area contributed by atoms with Crippen LogP contribution in [0.4, 0.5) is 0 Å². The molecule has 0 aliphatic carbocycles. The molecule has 1 fully saturated rings. The molecular formula is C13H13NO4S2. The Morgan fingerprint density at radius 3 is 2.95 bits per heavy atom. The molecule has 2 rings (SSSR count). The lowest BCUT2D eigenvalue weighted by Crippen LogP contribution is -2.43. The zero-order chi connectivity index (χ0) is 14.7. The molecule has 7 heteroatoms. The van der Waals surface area contributed by atoms with Gasteiger partial charge in [0, 0.05) is 6.08 Å². The van der Waals surface area contributed by atoms with Crippen molar-refractivity contribution in [2.24, 2.45) is 0 Å². The number of hydrogen-bond acceptors (Lipinski definition) is 5. The minimum Gasteiger partial charge on any atom is -0.480 e. The van der Waals surface area contributed by atoms with Crippen LogP contribution in [-0.4, -0.2) is 32.2 Å². The van der Waals surface area contributed by atoms with Crippen molar-refractivity contribution in [2.45, 2.75) is 25.8 Å². The number of carboxylic acid groups (broad SMARTS) is 1. The predicted molar refractivity (Wildman–Crippen MR) is 80.1 cm³/mol. The SMILES string of the molecule is CCCC(C(=O)O)N1C(=O)/C(=C/c2ccco2)SC1=S. The monoisotopic (exact) mass is 311 g/mol. The molecule has 0 aromatic carbocycles. The molecule has 1 amide bonds. The second-order valence-corrected chi connectivity index (χ2v) is 5.89. The molecule has 0 radical (unpaired) electrons. The van der Waals surface area contributed by atoms with E-state index in [-0.39, 0.29) is 10.2 Å². The summed E-state index contributed by atoms with van der Waals surface area (Å²) in [4.78, 5) is 25.2. The summed E-state index contributed by atoms with van der Waals surface area (Å²) in [5.74, 6) is -0.882. The number of carbonyl (C=O) groups excluding carboxylic acids is 1. The van der Waals surface area contributed by atoms with Gasteiger partial charge < -0.3 is 9.52 Å². The number of thioether (sulfide) groups is 1. The summed E-state index contributed by atoms with van der Waals surface area (Å²) in [5, 5.41) is 9.24. The van der Waals surface area contributed by atoms with E-state index in [2.05, 4.69) is 0 Å². The lowest BCUT2D eigenvalue weighted by atomic mass is 10.1. The second-order valence-electron chi connectivity index (χ2n) is 4.21. The molecular weight excluding hydrogens is 298 g/mol. The number of amides is 1. The van der Waals surface area contributed by atoms with Gasteiger partial charge in [-0.2, -0.15) is 0 Å². The van der Waals surface area contributed by atoms with Gasteiger partial charge in [-0.1, -0.05) is 37.3 Å². The van der Waals surface area contributed by atoms with Crippen LogP contribution in [-0.2, 0) is 9.59 Å². The average Bonchev–Trinajstić information content (AvgIpc) is 2.98. The predicted octanol–water partition coefficient (Wildman–Crippen LogP) is 2.73. The molecule has 1 saturated heterocycles. The van der Waals surface area contributed by atoms with E-state index in [0.29, 0.717) is 23.5 Å². The molecule has 0 spiro atoms. The minimum absolute atomic E-state index is 0.272. The summed E-state index contributed by atoms with van der Waals surface area (Å²) in [6, 6.07) is 2.52. The molecule has 2 heterocycles. The van der Waals surface area contributed by atoms with Gasteiger partial charge in [0.2, 0.25) is 0 Å². The number of hydrogen-bond donors (Lipinski definition) is 1. The zero-order valence-electron chi connectivity index (χ0n) is 10.7. The Kier molecular flexibility index (Phi) is 4.61. The molecule has 1 aliphatic rings. The highest BCUT2D eigenvalue weighted by atomic mass is 32.2. The van der Waals surface area contributed by atoms with Crippen molar-refractivity contribution in [1.82, 2.24) is 4.90 Å². The van der Waals surface area contributed by atoms with E-state index in [1.54, 1.807) is 18.2 Å². The van der Waals surface area contributed by atoms with E-state index in [4.69, 9.17) is 16.6 Å². The highest BCUT2D eigenvalue weighted by Gasteiger charge is 2.40. The summed E-state index contributed by atoms with van der Waals surface area (Å²) < 4.78 is 5.42. The first-order valence-electron chi connectivity index (χ1n) is 6.08.